The number of halogens is 2. The predicted octanol–water partition coefficient (Wildman–Crippen LogP) is 3.06. The van der Waals surface area contributed by atoms with Crippen LogP contribution in [0, 0.1) is 5.82 Å². The second-order valence-electron chi connectivity index (χ2n) is 3.88. The Morgan fingerprint density at radius 1 is 1.37 bits per heavy atom. The average Bonchev–Trinajstić information content (AvgIpc) is 2.39. The fourth-order valence-corrected chi connectivity index (χ4v) is 1.94. The maximum Gasteiger partial charge on any atom is 0.303 e. The van der Waals surface area contributed by atoms with Crippen molar-refractivity contribution in [1.82, 2.24) is 9.97 Å². The zero-order chi connectivity index (χ0) is 13.8. The van der Waals surface area contributed by atoms with Crippen molar-refractivity contribution in [2.24, 2.45) is 0 Å². The molecule has 0 unspecified atom stereocenters. The van der Waals surface area contributed by atoms with Crippen LogP contribution < -0.4 is 0 Å². The summed E-state index contributed by atoms with van der Waals surface area (Å²) in [6.45, 7) is 0. The third-order valence-corrected chi connectivity index (χ3v) is 2.97. The summed E-state index contributed by atoms with van der Waals surface area (Å²) in [6.07, 6.45) is 1.67. The van der Waals surface area contributed by atoms with Crippen LogP contribution in [-0.2, 0) is 11.2 Å². The molecule has 0 radical (unpaired) electrons. The highest BCUT2D eigenvalue weighted by molar-refractivity contribution is 9.10. The van der Waals surface area contributed by atoms with Gasteiger partial charge in [0.15, 0.2) is 0 Å². The molecule has 1 N–H and O–H groups in total. The normalized spacial score (nSPS) is 10.4. The molecule has 0 amide bonds. The minimum absolute atomic E-state index is 0.0512. The third-order valence-electron chi connectivity index (χ3n) is 2.47. The van der Waals surface area contributed by atoms with E-state index in [4.69, 9.17) is 5.11 Å². The summed E-state index contributed by atoms with van der Waals surface area (Å²) in [6, 6.07) is 6.16. The van der Waals surface area contributed by atoms with Crippen LogP contribution in [0.25, 0.3) is 11.3 Å². The van der Waals surface area contributed by atoms with E-state index in [1.165, 1.54) is 12.3 Å². The van der Waals surface area contributed by atoms with Crippen molar-refractivity contribution in [3.63, 3.8) is 0 Å². The van der Waals surface area contributed by atoms with Gasteiger partial charge in [-0.25, -0.2) is 14.4 Å². The van der Waals surface area contributed by atoms with Crippen molar-refractivity contribution >= 4 is 21.9 Å². The van der Waals surface area contributed by atoms with Gasteiger partial charge in [0.2, 0.25) is 0 Å². The number of carboxylic acids is 1. The van der Waals surface area contributed by atoms with Gasteiger partial charge in [-0.3, -0.25) is 4.79 Å². The Labute approximate surface area is 117 Å². The van der Waals surface area contributed by atoms with E-state index in [2.05, 4.69) is 25.9 Å². The van der Waals surface area contributed by atoms with E-state index >= 15 is 0 Å². The van der Waals surface area contributed by atoms with Crippen molar-refractivity contribution in [1.29, 1.82) is 0 Å². The number of hydrogen-bond acceptors (Lipinski definition) is 3. The molecule has 0 bridgehead atoms. The SMILES string of the molecule is O=C(O)CCc1nccc(-c2cc(Br)ccc2F)n1. The first kappa shape index (κ1) is 13.6. The van der Waals surface area contributed by atoms with Crippen LogP contribution in [0.1, 0.15) is 12.2 Å². The van der Waals surface area contributed by atoms with Crippen LogP contribution in [0.5, 0.6) is 0 Å². The number of hydrogen-bond donors (Lipinski definition) is 1. The maximum atomic E-state index is 13.7. The number of aryl methyl sites for hydroxylation is 1. The van der Waals surface area contributed by atoms with Gasteiger partial charge in [-0.05, 0) is 24.3 Å². The second kappa shape index (κ2) is 5.88. The summed E-state index contributed by atoms with van der Waals surface area (Å²) in [7, 11) is 0. The highest BCUT2D eigenvalue weighted by atomic mass is 79.9. The summed E-state index contributed by atoms with van der Waals surface area (Å²) < 4.78 is 14.5. The van der Waals surface area contributed by atoms with Gasteiger partial charge in [0, 0.05) is 22.7 Å². The molecule has 0 spiro atoms. The zero-order valence-electron chi connectivity index (χ0n) is 9.81. The van der Waals surface area contributed by atoms with Crippen molar-refractivity contribution in [2.45, 2.75) is 12.8 Å². The van der Waals surface area contributed by atoms with Gasteiger partial charge in [-0.15, -0.1) is 0 Å². The number of aliphatic carboxylic acids is 1. The van der Waals surface area contributed by atoms with E-state index in [0.717, 1.165) is 4.47 Å². The molecule has 0 aliphatic rings. The lowest BCUT2D eigenvalue weighted by atomic mass is 10.1. The Morgan fingerprint density at radius 3 is 2.89 bits per heavy atom. The quantitative estimate of drug-likeness (QED) is 0.938. The molecular weight excluding hydrogens is 315 g/mol. The molecule has 0 saturated heterocycles. The number of benzene rings is 1. The Kier molecular flexibility index (Phi) is 4.21. The summed E-state index contributed by atoms with van der Waals surface area (Å²) >= 11 is 3.27. The summed E-state index contributed by atoms with van der Waals surface area (Å²) in [4.78, 5) is 18.7. The first-order valence-electron chi connectivity index (χ1n) is 5.55. The molecule has 1 aromatic heterocycles. The van der Waals surface area contributed by atoms with Crippen LogP contribution in [0.15, 0.2) is 34.9 Å². The largest absolute Gasteiger partial charge is 0.481 e. The maximum absolute atomic E-state index is 13.7. The molecule has 2 aromatic rings. The van der Waals surface area contributed by atoms with Gasteiger partial charge in [0.25, 0.3) is 0 Å². The first-order valence-corrected chi connectivity index (χ1v) is 6.34. The number of carboxylic acid groups (broad SMARTS) is 1. The average molecular weight is 325 g/mol. The van der Waals surface area contributed by atoms with Crippen molar-refractivity contribution in [2.75, 3.05) is 0 Å². The monoisotopic (exact) mass is 324 g/mol. The molecule has 1 heterocycles. The van der Waals surface area contributed by atoms with Gasteiger partial charge in [0.05, 0.1) is 12.1 Å². The highest BCUT2D eigenvalue weighted by Gasteiger charge is 2.09. The number of rotatable bonds is 4. The molecular formula is C13H10BrFN2O2. The van der Waals surface area contributed by atoms with E-state index in [-0.39, 0.29) is 18.7 Å². The van der Waals surface area contributed by atoms with Crippen LogP contribution in [-0.4, -0.2) is 21.0 Å². The van der Waals surface area contributed by atoms with E-state index in [1.54, 1.807) is 18.2 Å². The fraction of sp³-hybridized carbons (Fsp3) is 0.154. The molecule has 19 heavy (non-hydrogen) atoms. The molecule has 98 valence electrons. The molecule has 2 rings (SSSR count). The van der Waals surface area contributed by atoms with Gasteiger partial charge < -0.3 is 5.11 Å². The lowest BCUT2D eigenvalue weighted by Gasteiger charge is -2.05. The minimum Gasteiger partial charge on any atom is -0.481 e. The topological polar surface area (TPSA) is 63.1 Å². The number of aromatic nitrogens is 2. The Morgan fingerprint density at radius 2 is 2.16 bits per heavy atom. The molecule has 1 aromatic carbocycles. The molecule has 4 nitrogen and oxygen atoms in total. The highest BCUT2D eigenvalue weighted by Crippen LogP contribution is 2.24. The van der Waals surface area contributed by atoms with E-state index in [1.807, 2.05) is 0 Å². The third kappa shape index (κ3) is 3.57. The lowest BCUT2D eigenvalue weighted by Crippen LogP contribution is -2.02. The van der Waals surface area contributed by atoms with E-state index < -0.39 is 5.97 Å². The van der Waals surface area contributed by atoms with Crippen molar-refractivity contribution in [3.8, 4) is 11.3 Å². The summed E-state index contributed by atoms with van der Waals surface area (Å²) in [5, 5.41) is 8.62. The van der Waals surface area contributed by atoms with Crippen LogP contribution in [0.4, 0.5) is 4.39 Å². The van der Waals surface area contributed by atoms with E-state index in [9.17, 15) is 9.18 Å². The summed E-state index contributed by atoms with van der Waals surface area (Å²) in [5.74, 6) is -0.909. The van der Waals surface area contributed by atoms with Crippen LogP contribution in [0.3, 0.4) is 0 Å². The molecule has 0 fully saturated rings. The Balaban J connectivity index is 2.32. The van der Waals surface area contributed by atoms with Gasteiger partial charge in [-0.2, -0.15) is 0 Å². The molecule has 0 saturated carbocycles. The van der Waals surface area contributed by atoms with Gasteiger partial charge in [0.1, 0.15) is 11.6 Å². The second-order valence-corrected chi connectivity index (χ2v) is 4.79. The van der Waals surface area contributed by atoms with Crippen LogP contribution >= 0.6 is 15.9 Å². The first-order chi connectivity index (χ1) is 9.06. The predicted molar refractivity (Wildman–Crippen MR) is 71.1 cm³/mol. The van der Waals surface area contributed by atoms with Crippen molar-refractivity contribution < 1.29 is 14.3 Å². The molecule has 0 atom stereocenters. The minimum atomic E-state index is -0.914. The number of nitrogens with zero attached hydrogens (tertiary/aromatic N) is 2. The standard InChI is InChI=1S/C13H10BrFN2O2/c14-8-1-2-10(15)9(7-8)11-5-6-16-12(17-11)3-4-13(18)19/h1-2,5-7H,3-4H2,(H,18,19). The molecule has 6 heteroatoms. The Hall–Kier alpha value is -1.82. The fourth-order valence-electron chi connectivity index (χ4n) is 1.58. The molecule has 0 aliphatic carbocycles. The lowest BCUT2D eigenvalue weighted by molar-refractivity contribution is -0.137. The summed E-state index contributed by atoms with van der Waals surface area (Å²) in [5.41, 5.74) is 0.794. The van der Waals surface area contributed by atoms with Gasteiger partial charge >= 0.3 is 5.97 Å². The smallest absolute Gasteiger partial charge is 0.303 e. The zero-order valence-corrected chi connectivity index (χ0v) is 11.4. The van der Waals surface area contributed by atoms with Gasteiger partial charge in [-0.1, -0.05) is 15.9 Å². The molecule has 0 aliphatic heterocycles. The Bertz CT molecular complexity index is 619. The van der Waals surface area contributed by atoms with E-state index in [0.29, 0.717) is 17.1 Å². The van der Waals surface area contributed by atoms with Crippen LogP contribution in [0.2, 0.25) is 0 Å². The number of carbonyl (C=O) groups is 1. The van der Waals surface area contributed by atoms with Crippen molar-refractivity contribution in [3.05, 3.63) is 46.6 Å².